The molecule has 0 atom stereocenters. The molecule has 108 valence electrons. The lowest BCUT2D eigenvalue weighted by Gasteiger charge is -2.33. The Hall–Kier alpha value is -0.980. The molecule has 6 heteroatoms. The lowest BCUT2D eigenvalue weighted by molar-refractivity contribution is 0.117. The monoisotopic (exact) mass is 267 g/mol. The summed E-state index contributed by atoms with van der Waals surface area (Å²) in [6.07, 6.45) is 1.22. The van der Waals surface area contributed by atoms with Gasteiger partial charge in [0, 0.05) is 26.2 Å². The summed E-state index contributed by atoms with van der Waals surface area (Å²) in [5.74, 6) is 1.24. The average Bonchev–Trinajstić information content (AvgIpc) is 2.80. The van der Waals surface area contributed by atoms with Gasteiger partial charge in [-0.15, -0.1) is 0 Å². The van der Waals surface area contributed by atoms with E-state index in [9.17, 15) is 0 Å². The molecule has 1 aromatic heterocycles. The van der Waals surface area contributed by atoms with E-state index in [4.69, 9.17) is 10.3 Å². The zero-order valence-electron chi connectivity index (χ0n) is 12.2. The number of hydrogen-bond acceptors (Lipinski definition) is 6. The topological polar surface area (TPSA) is 71.4 Å². The molecule has 1 aliphatic rings. The minimum absolute atomic E-state index is 0.540. The molecule has 19 heavy (non-hydrogen) atoms. The minimum Gasteiger partial charge on any atom is -0.338 e. The zero-order valence-corrected chi connectivity index (χ0v) is 12.2. The molecule has 1 aliphatic heterocycles. The maximum absolute atomic E-state index is 5.95. The summed E-state index contributed by atoms with van der Waals surface area (Å²) < 4.78 is 5.27. The molecule has 6 nitrogen and oxygen atoms in total. The predicted molar refractivity (Wildman–Crippen MR) is 73.5 cm³/mol. The van der Waals surface area contributed by atoms with Crippen molar-refractivity contribution in [2.75, 3.05) is 32.7 Å². The van der Waals surface area contributed by atoms with Gasteiger partial charge in [-0.1, -0.05) is 12.1 Å². The van der Waals surface area contributed by atoms with Crippen molar-refractivity contribution in [1.29, 1.82) is 0 Å². The fourth-order valence-electron chi connectivity index (χ4n) is 2.26. The standard InChI is InChI=1S/C13H25N5O/c1-4-5-17-6-8-18(9-7-17)10-11-15-12(16-19-11)13(2,3)14/h4-10,14H2,1-3H3. The van der Waals surface area contributed by atoms with Gasteiger partial charge in [-0.25, -0.2) is 0 Å². The molecule has 0 radical (unpaired) electrons. The van der Waals surface area contributed by atoms with Crippen LogP contribution in [0.3, 0.4) is 0 Å². The van der Waals surface area contributed by atoms with Crippen molar-refractivity contribution in [1.82, 2.24) is 19.9 Å². The highest BCUT2D eigenvalue weighted by Gasteiger charge is 2.23. The Morgan fingerprint density at radius 3 is 2.37 bits per heavy atom. The quantitative estimate of drug-likeness (QED) is 0.850. The van der Waals surface area contributed by atoms with Crippen molar-refractivity contribution in [2.45, 2.75) is 39.3 Å². The van der Waals surface area contributed by atoms with Gasteiger partial charge >= 0.3 is 0 Å². The molecule has 0 bridgehead atoms. The van der Waals surface area contributed by atoms with Gasteiger partial charge in [-0.2, -0.15) is 4.98 Å². The summed E-state index contributed by atoms with van der Waals surface area (Å²) in [6.45, 7) is 12.3. The van der Waals surface area contributed by atoms with E-state index in [1.807, 2.05) is 13.8 Å². The first-order valence-electron chi connectivity index (χ1n) is 7.05. The summed E-state index contributed by atoms with van der Waals surface area (Å²) >= 11 is 0. The Balaban J connectivity index is 1.84. The van der Waals surface area contributed by atoms with E-state index in [1.54, 1.807) is 0 Å². The second-order valence-corrected chi connectivity index (χ2v) is 5.85. The van der Waals surface area contributed by atoms with Gasteiger partial charge in [0.25, 0.3) is 0 Å². The first kappa shape index (κ1) is 14.4. The van der Waals surface area contributed by atoms with Crippen LogP contribution in [0.25, 0.3) is 0 Å². The number of piperazine rings is 1. The fourth-order valence-corrected chi connectivity index (χ4v) is 2.26. The first-order valence-corrected chi connectivity index (χ1v) is 7.05. The van der Waals surface area contributed by atoms with E-state index < -0.39 is 5.54 Å². The van der Waals surface area contributed by atoms with Crippen LogP contribution in [-0.2, 0) is 12.1 Å². The van der Waals surface area contributed by atoms with E-state index >= 15 is 0 Å². The van der Waals surface area contributed by atoms with E-state index in [2.05, 4.69) is 26.9 Å². The molecular weight excluding hydrogens is 242 g/mol. The second-order valence-electron chi connectivity index (χ2n) is 5.85. The molecule has 2 heterocycles. The molecule has 0 unspecified atom stereocenters. The third kappa shape index (κ3) is 3.99. The van der Waals surface area contributed by atoms with Gasteiger partial charge in [0.15, 0.2) is 5.82 Å². The molecular formula is C13H25N5O. The van der Waals surface area contributed by atoms with Crippen LogP contribution in [-0.4, -0.2) is 52.7 Å². The molecule has 1 aromatic rings. The number of nitrogens with two attached hydrogens (primary N) is 1. The molecule has 0 aromatic carbocycles. The Morgan fingerprint density at radius 2 is 1.84 bits per heavy atom. The maximum atomic E-state index is 5.95. The molecule has 0 saturated carbocycles. The molecule has 0 aliphatic carbocycles. The largest absolute Gasteiger partial charge is 0.338 e. The smallest absolute Gasteiger partial charge is 0.240 e. The van der Waals surface area contributed by atoms with Crippen molar-refractivity contribution in [2.24, 2.45) is 5.73 Å². The normalized spacial score (nSPS) is 18.9. The summed E-state index contributed by atoms with van der Waals surface area (Å²) in [5.41, 5.74) is 5.41. The molecule has 0 spiro atoms. The molecule has 1 saturated heterocycles. The number of nitrogens with zero attached hydrogens (tertiary/aromatic N) is 4. The summed E-state index contributed by atoms with van der Waals surface area (Å²) in [5, 5.41) is 3.95. The van der Waals surface area contributed by atoms with Gasteiger partial charge in [-0.05, 0) is 26.8 Å². The van der Waals surface area contributed by atoms with E-state index in [0.29, 0.717) is 11.7 Å². The van der Waals surface area contributed by atoms with Crippen LogP contribution in [0.4, 0.5) is 0 Å². The predicted octanol–water partition coefficient (Wildman–Crippen LogP) is 0.791. The highest BCUT2D eigenvalue weighted by atomic mass is 16.5. The van der Waals surface area contributed by atoms with Gasteiger partial charge in [0.2, 0.25) is 5.89 Å². The third-order valence-corrected chi connectivity index (χ3v) is 3.41. The van der Waals surface area contributed by atoms with Crippen molar-refractivity contribution in [3.63, 3.8) is 0 Å². The van der Waals surface area contributed by atoms with Gasteiger partial charge in [0.1, 0.15) is 0 Å². The average molecular weight is 267 g/mol. The summed E-state index contributed by atoms with van der Waals surface area (Å²) in [4.78, 5) is 9.23. The van der Waals surface area contributed by atoms with E-state index in [-0.39, 0.29) is 0 Å². The number of hydrogen-bond donors (Lipinski definition) is 1. The van der Waals surface area contributed by atoms with Crippen LogP contribution in [0.15, 0.2) is 4.52 Å². The molecule has 1 fully saturated rings. The Morgan fingerprint density at radius 1 is 1.21 bits per heavy atom. The van der Waals surface area contributed by atoms with Crippen LogP contribution in [0.5, 0.6) is 0 Å². The Labute approximate surface area is 114 Å². The molecule has 2 rings (SSSR count). The van der Waals surface area contributed by atoms with Crippen LogP contribution >= 0.6 is 0 Å². The van der Waals surface area contributed by atoms with Gasteiger partial charge in [-0.3, -0.25) is 4.90 Å². The SMILES string of the molecule is CCCN1CCN(Cc2nc(C(C)(C)N)no2)CC1. The van der Waals surface area contributed by atoms with Crippen molar-refractivity contribution >= 4 is 0 Å². The fraction of sp³-hybridized carbons (Fsp3) is 0.846. The Bertz CT molecular complexity index is 390. The number of rotatable bonds is 5. The summed E-state index contributed by atoms with van der Waals surface area (Å²) in [6, 6.07) is 0. The second kappa shape index (κ2) is 5.98. The Kier molecular flexibility index (Phi) is 4.54. The zero-order chi connectivity index (χ0) is 13.9. The lowest BCUT2D eigenvalue weighted by atomic mass is 10.1. The molecule has 0 amide bonds. The third-order valence-electron chi connectivity index (χ3n) is 3.41. The van der Waals surface area contributed by atoms with Crippen molar-refractivity contribution in [3.05, 3.63) is 11.7 Å². The van der Waals surface area contributed by atoms with Crippen molar-refractivity contribution in [3.8, 4) is 0 Å². The summed E-state index contributed by atoms with van der Waals surface area (Å²) in [7, 11) is 0. The minimum atomic E-state index is -0.540. The highest BCUT2D eigenvalue weighted by Crippen LogP contribution is 2.14. The molecule has 2 N–H and O–H groups in total. The lowest BCUT2D eigenvalue weighted by Crippen LogP contribution is -2.46. The van der Waals surface area contributed by atoms with Crippen LogP contribution in [0.2, 0.25) is 0 Å². The highest BCUT2D eigenvalue weighted by molar-refractivity contribution is 4.99. The number of aromatic nitrogens is 2. The maximum Gasteiger partial charge on any atom is 0.240 e. The van der Waals surface area contributed by atoms with Crippen LogP contribution in [0, 0.1) is 0 Å². The van der Waals surface area contributed by atoms with Gasteiger partial charge < -0.3 is 15.2 Å². The van der Waals surface area contributed by atoms with E-state index in [1.165, 1.54) is 13.0 Å². The van der Waals surface area contributed by atoms with Gasteiger partial charge in [0.05, 0.1) is 12.1 Å². The first-order chi connectivity index (χ1) is 8.99. The van der Waals surface area contributed by atoms with Crippen LogP contribution < -0.4 is 5.73 Å². The van der Waals surface area contributed by atoms with Crippen LogP contribution in [0.1, 0.15) is 38.9 Å². The van der Waals surface area contributed by atoms with Crippen molar-refractivity contribution < 1.29 is 4.52 Å². The van der Waals surface area contributed by atoms with E-state index in [0.717, 1.165) is 32.7 Å².